The maximum atomic E-state index is 13.2. The van der Waals surface area contributed by atoms with E-state index in [-0.39, 0.29) is 16.4 Å². The molecule has 1 aromatic carbocycles. The van der Waals surface area contributed by atoms with Crippen LogP contribution in [0.15, 0.2) is 41.4 Å². The van der Waals surface area contributed by atoms with Crippen molar-refractivity contribution in [2.24, 2.45) is 5.92 Å². The predicted octanol–water partition coefficient (Wildman–Crippen LogP) is 3.94. The number of ketones is 1. The number of rotatable bonds is 7. The van der Waals surface area contributed by atoms with E-state index in [1.54, 1.807) is 0 Å². The molecule has 1 aromatic rings. The zero-order valence-electron chi connectivity index (χ0n) is 15.7. The standard InChI is InChI=1S/C21H25N3O3/c1-2-3-4-5-6-11-16-17-18(14-9-7-8-10-15(14)20(17)25)23-13-12-22-21(23)19(16)24(26)27/h7-10,16,22H,2-6,11-13H2,1H3. The van der Waals surface area contributed by atoms with Crippen molar-refractivity contribution < 1.29 is 9.72 Å². The molecule has 1 fully saturated rings. The van der Waals surface area contributed by atoms with Gasteiger partial charge in [-0.1, -0.05) is 63.3 Å². The fourth-order valence-corrected chi connectivity index (χ4v) is 4.59. The van der Waals surface area contributed by atoms with Crippen molar-refractivity contribution in [1.82, 2.24) is 10.2 Å². The fraction of sp³-hybridized carbons (Fsp3) is 0.476. The number of fused-ring (bicyclic) bond motifs is 4. The van der Waals surface area contributed by atoms with Crippen LogP contribution >= 0.6 is 0 Å². The largest absolute Gasteiger partial charge is 0.364 e. The van der Waals surface area contributed by atoms with E-state index in [0.29, 0.717) is 36.5 Å². The van der Waals surface area contributed by atoms with Crippen LogP contribution in [0.25, 0.3) is 5.70 Å². The Labute approximate surface area is 159 Å². The van der Waals surface area contributed by atoms with Crippen LogP contribution < -0.4 is 5.32 Å². The second-order valence-corrected chi connectivity index (χ2v) is 7.46. The normalized spacial score (nSPS) is 20.6. The lowest BCUT2D eigenvalue weighted by Crippen LogP contribution is -2.33. The molecular formula is C21H25N3O3. The molecule has 0 saturated carbocycles. The molecule has 0 spiro atoms. The molecule has 1 saturated heterocycles. The molecular weight excluding hydrogens is 342 g/mol. The molecule has 1 aliphatic carbocycles. The average molecular weight is 367 g/mol. The lowest BCUT2D eigenvalue weighted by Gasteiger charge is -2.30. The van der Waals surface area contributed by atoms with Crippen LogP contribution in [0, 0.1) is 16.0 Å². The van der Waals surface area contributed by atoms with E-state index in [1.165, 1.54) is 6.42 Å². The van der Waals surface area contributed by atoms with Gasteiger partial charge >= 0.3 is 0 Å². The minimum atomic E-state index is -0.437. The van der Waals surface area contributed by atoms with E-state index in [0.717, 1.165) is 36.9 Å². The minimum Gasteiger partial charge on any atom is -0.364 e. The number of benzene rings is 1. The van der Waals surface area contributed by atoms with Gasteiger partial charge in [-0.05, 0) is 6.42 Å². The number of allylic oxidation sites excluding steroid dienone is 1. The molecule has 0 radical (unpaired) electrons. The van der Waals surface area contributed by atoms with Gasteiger partial charge in [-0.2, -0.15) is 0 Å². The minimum absolute atomic E-state index is 0.0375. The summed E-state index contributed by atoms with van der Waals surface area (Å²) < 4.78 is 0. The summed E-state index contributed by atoms with van der Waals surface area (Å²) in [6, 6.07) is 7.59. The Balaban J connectivity index is 1.73. The zero-order valence-corrected chi connectivity index (χ0v) is 15.7. The number of Topliss-reactive ketones (excluding diaryl/α,β-unsaturated/α-hetero) is 1. The summed E-state index contributed by atoms with van der Waals surface area (Å²) in [6.45, 7) is 3.47. The van der Waals surface area contributed by atoms with Gasteiger partial charge in [-0.25, -0.2) is 0 Å². The third-order valence-corrected chi connectivity index (χ3v) is 5.81. The summed E-state index contributed by atoms with van der Waals surface area (Å²) in [5.74, 6) is 0.111. The zero-order chi connectivity index (χ0) is 19.0. The highest BCUT2D eigenvalue weighted by Gasteiger charge is 2.49. The van der Waals surface area contributed by atoms with Crippen molar-refractivity contribution in [2.75, 3.05) is 13.1 Å². The molecule has 1 N–H and O–H groups in total. The van der Waals surface area contributed by atoms with Crippen molar-refractivity contribution in [3.63, 3.8) is 0 Å². The number of carbonyl (C=O) groups excluding carboxylic acids is 1. The van der Waals surface area contributed by atoms with E-state index in [4.69, 9.17) is 0 Å². The van der Waals surface area contributed by atoms with Gasteiger partial charge in [0.25, 0.3) is 5.70 Å². The Bertz CT molecular complexity index is 856. The Kier molecular flexibility index (Phi) is 4.72. The summed E-state index contributed by atoms with van der Waals surface area (Å²) in [4.78, 5) is 26.8. The van der Waals surface area contributed by atoms with E-state index in [2.05, 4.69) is 12.2 Å². The van der Waals surface area contributed by atoms with E-state index in [9.17, 15) is 14.9 Å². The van der Waals surface area contributed by atoms with Gasteiger partial charge < -0.3 is 10.2 Å². The molecule has 2 heterocycles. The highest BCUT2D eigenvalue weighted by Crippen LogP contribution is 2.48. The second-order valence-electron chi connectivity index (χ2n) is 7.46. The second kappa shape index (κ2) is 7.18. The number of nitro groups is 1. The van der Waals surface area contributed by atoms with Crippen LogP contribution in [0.3, 0.4) is 0 Å². The maximum absolute atomic E-state index is 13.2. The van der Waals surface area contributed by atoms with Gasteiger partial charge in [0.15, 0.2) is 11.6 Å². The number of hydrogen-bond donors (Lipinski definition) is 1. The molecule has 3 aliphatic rings. The van der Waals surface area contributed by atoms with Crippen LogP contribution in [0.2, 0.25) is 0 Å². The number of carbonyl (C=O) groups is 1. The molecule has 0 aromatic heterocycles. The maximum Gasteiger partial charge on any atom is 0.293 e. The van der Waals surface area contributed by atoms with Gasteiger partial charge in [0.2, 0.25) is 0 Å². The van der Waals surface area contributed by atoms with Gasteiger partial charge in [0.1, 0.15) is 0 Å². The van der Waals surface area contributed by atoms with E-state index >= 15 is 0 Å². The summed E-state index contributed by atoms with van der Waals surface area (Å²) >= 11 is 0. The first kappa shape index (κ1) is 17.8. The van der Waals surface area contributed by atoms with Crippen LogP contribution in [-0.4, -0.2) is 28.7 Å². The lowest BCUT2D eigenvalue weighted by atomic mass is 9.85. The van der Waals surface area contributed by atoms with Crippen LogP contribution in [0.4, 0.5) is 0 Å². The highest BCUT2D eigenvalue weighted by atomic mass is 16.6. The van der Waals surface area contributed by atoms with Crippen molar-refractivity contribution >= 4 is 11.5 Å². The first-order valence-electron chi connectivity index (χ1n) is 9.93. The third kappa shape index (κ3) is 2.83. The Morgan fingerprint density at radius 3 is 2.67 bits per heavy atom. The summed E-state index contributed by atoms with van der Waals surface area (Å²) in [5.41, 5.74) is 3.28. The van der Waals surface area contributed by atoms with Crippen molar-refractivity contribution in [3.8, 4) is 0 Å². The fourth-order valence-electron chi connectivity index (χ4n) is 4.59. The van der Waals surface area contributed by atoms with Crippen LogP contribution in [0.1, 0.15) is 61.4 Å². The highest BCUT2D eigenvalue weighted by molar-refractivity contribution is 6.21. The number of nitrogens with one attached hydrogen (secondary N) is 1. The monoisotopic (exact) mass is 367 g/mol. The van der Waals surface area contributed by atoms with Crippen LogP contribution in [0.5, 0.6) is 0 Å². The molecule has 142 valence electrons. The molecule has 0 bridgehead atoms. The van der Waals surface area contributed by atoms with Crippen molar-refractivity contribution in [2.45, 2.75) is 45.4 Å². The topological polar surface area (TPSA) is 75.5 Å². The SMILES string of the molecule is CCCCCCCC1C2=C(c3ccccc3C2=O)N2CCNC2=C1[N+](=O)[O-]. The van der Waals surface area contributed by atoms with Crippen LogP contribution in [-0.2, 0) is 0 Å². The molecule has 6 nitrogen and oxygen atoms in total. The Morgan fingerprint density at radius 2 is 1.93 bits per heavy atom. The third-order valence-electron chi connectivity index (χ3n) is 5.81. The average Bonchev–Trinajstić information content (AvgIpc) is 3.24. The Morgan fingerprint density at radius 1 is 1.19 bits per heavy atom. The molecule has 6 heteroatoms. The lowest BCUT2D eigenvalue weighted by molar-refractivity contribution is -0.435. The van der Waals surface area contributed by atoms with Crippen molar-refractivity contribution in [1.29, 1.82) is 0 Å². The molecule has 4 rings (SSSR count). The quantitative estimate of drug-likeness (QED) is 0.449. The van der Waals surface area contributed by atoms with E-state index in [1.807, 2.05) is 29.2 Å². The van der Waals surface area contributed by atoms with Gasteiger partial charge in [-0.3, -0.25) is 14.9 Å². The summed E-state index contributed by atoms with van der Waals surface area (Å²) in [7, 11) is 0. The predicted molar refractivity (Wildman–Crippen MR) is 103 cm³/mol. The number of unbranched alkanes of at least 4 members (excludes halogenated alkanes) is 4. The van der Waals surface area contributed by atoms with Gasteiger partial charge in [0.05, 0.1) is 16.5 Å². The molecule has 1 unspecified atom stereocenters. The summed E-state index contributed by atoms with van der Waals surface area (Å²) in [6.07, 6.45) is 6.08. The smallest absolute Gasteiger partial charge is 0.293 e. The Hall–Kier alpha value is -2.63. The molecule has 1 atom stereocenters. The molecule has 2 aliphatic heterocycles. The molecule has 0 amide bonds. The first-order chi connectivity index (χ1) is 13.1. The van der Waals surface area contributed by atoms with Gasteiger partial charge in [-0.15, -0.1) is 0 Å². The van der Waals surface area contributed by atoms with Gasteiger partial charge in [0, 0.05) is 29.8 Å². The number of nitrogens with zero attached hydrogens (tertiary/aromatic N) is 2. The van der Waals surface area contributed by atoms with Crippen molar-refractivity contribution in [3.05, 3.63) is 62.6 Å². The summed E-state index contributed by atoms with van der Waals surface area (Å²) in [5, 5.41) is 15.2. The first-order valence-corrected chi connectivity index (χ1v) is 9.93. The molecule has 27 heavy (non-hydrogen) atoms. The van der Waals surface area contributed by atoms with E-state index < -0.39 is 5.92 Å². The number of hydrogen-bond acceptors (Lipinski definition) is 5.